The van der Waals surface area contributed by atoms with E-state index in [1.807, 2.05) is 0 Å². The molecule has 103 valence electrons. The van der Waals surface area contributed by atoms with Crippen LogP contribution in [0, 0.1) is 13.8 Å². The van der Waals surface area contributed by atoms with Crippen molar-refractivity contribution in [3.05, 3.63) is 56.6 Å². The van der Waals surface area contributed by atoms with Gasteiger partial charge in [-0.15, -0.1) is 0 Å². The van der Waals surface area contributed by atoms with Crippen molar-refractivity contribution in [1.82, 2.24) is 0 Å². The molecule has 2 aromatic heterocycles. The molecular formula is C12H10CoO6. The summed E-state index contributed by atoms with van der Waals surface area (Å²) in [4.78, 5) is 20.9. The van der Waals surface area contributed by atoms with Crippen LogP contribution in [-0.2, 0) is 16.8 Å². The van der Waals surface area contributed by atoms with Gasteiger partial charge in [0.15, 0.2) is 10.9 Å². The van der Waals surface area contributed by atoms with Crippen LogP contribution in [0.25, 0.3) is 0 Å². The van der Waals surface area contributed by atoms with E-state index in [9.17, 15) is 19.8 Å². The van der Waals surface area contributed by atoms with Crippen molar-refractivity contribution in [1.29, 1.82) is 0 Å². The Hall–Kier alpha value is -1.99. The molecule has 2 rings (SSSR count). The Morgan fingerprint density at radius 3 is 1.37 bits per heavy atom. The van der Waals surface area contributed by atoms with E-state index in [4.69, 9.17) is 0 Å². The third-order valence-electron chi connectivity index (χ3n) is 1.86. The first kappa shape index (κ1) is 17.0. The molecular weight excluding hydrogens is 299 g/mol. The second-order valence-electron chi connectivity index (χ2n) is 3.44. The van der Waals surface area contributed by atoms with E-state index in [2.05, 4.69) is 8.83 Å². The largest absolute Gasteiger partial charge is 2.00 e. The summed E-state index contributed by atoms with van der Waals surface area (Å²) in [5.41, 5.74) is -1.03. The molecule has 2 aromatic rings. The summed E-state index contributed by atoms with van der Waals surface area (Å²) in [6, 6.07) is 2.34. The predicted molar refractivity (Wildman–Crippen MR) is 58.3 cm³/mol. The van der Waals surface area contributed by atoms with Gasteiger partial charge in [-0.3, -0.25) is 9.59 Å². The van der Waals surface area contributed by atoms with Crippen LogP contribution in [0.1, 0.15) is 11.5 Å². The zero-order valence-corrected chi connectivity index (χ0v) is 11.1. The molecule has 0 aliphatic heterocycles. The molecule has 0 saturated heterocycles. The Morgan fingerprint density at radius 2 is 1.16 bits per heavy atom. The monoisotopic (exact) mass is 309 g/mol. The minimum atomic E-state index is -0.597. The summed E-state index contributed by atoms with van der Waals surface area (Å²) in [5, 5.41) is 20.7. The Bertz CT molecular complexity index is 586. The summed E-state index contributed by atoms with van der Waals surface area (Å²) >= 11 is 0. The molecule has 0 aromatic carbocycles. The maximum Gasteiger partial charge on any atom is 2.00 e. The molecule has 0 unspecified atom stereocenters. The zero-order chi connectivity index (χ0) is 13.7. The van der Waals surface area contributed by atoms with Gasteiger partial charge in [-0.2, -0.15) is 0 Å². The van der Waals surface area contributed by atoms with Gasteiger partial charge < -0.3 is 19.0 Å². The minimum absolute atomic E-state index is 0. The third-order valence-corrected chi connectivity index (χ3v) is 1.86. The predicted octanol–water partition coefficient (Wildman–Crippen LogP) is 0.0411. The summed E-state index contributed by atoms with van der Waals surface area (Å²) in [7, 11) is 0. The fraction of sp³-hybridized carbons (Fsp3) is 0.167. The Balaban J connectivity index is 0.000000324. The van der Waals surface area contributed by atoms with Gasteiger partial charge in [0.25, 0.3) is 0 Å². The quantitative estimate of drug-likeness (QED) is 0.680. The van der Waals surface area contributed by atoms with Crippen molar-refractivity contribution in [3.63, 3.8) is 0 Å². The Kier molecular flexibility index (Phi) is 6.66. The summed E-state index contributed by atoms with van der Waals surface area (Å²) in [5.74, 6) is -0.277. The number of rotatable bonds is 0. The van der Waals surface area contributed by atoms with Crippen LogP contribution in [0.5, 0.6) is 11.5 Å². The molecule has 7 heteroatoms. The van der Waals surface area contributed by atoms with Gasteiger partial charge in [-0.25, -0.2) is 0 Å². The van der Waals surface area contributed by atoms with Gasteiger partial charge >= 0.3 is 16.8 Å². The van der Waals surface area contributed by atoms with Crippen LogP contribution in [0.3, 0.4) is 0 Å². The van der Waals surface area contributed by atoms with E-state index >= 15 is 0 Å². The number of hydrogen-bond acceptors (Lipinski definition) is 6. The average Bonchev–Trinajstić information content (AvgIpc) is 2.30. The fourth-order valence-corrected chi connectivity index (χ4v) is 0.989. The van der Waals surface area contributed by atoms with E-state index in [0.717, 1.165) is 12.5 Å². The second-order valence-corrected chi connectivity index (χ2v) is 3.44. The van der Waals surface area contributed by atoms with Crippen molar-refractivity contribution in [3.8, 4) is 11.5 Å². The van der Waals surface area contributed by atoms with Crippen LogP contribution in [0.4, 0.5) is 0 Å². The topological polar surface area (TPSA) is 107 Å². The first-order valence-electron chi connectivity index (χ1n) is 4.93. The second kappa shape index (κ2) is 7.44. The third kappa shape index (κ3) is 5.45. The molecule has 6 nitrogen and oxygen atoms in total. The Labute approximate surface area is 118 Å². The van der Waals surface area contributed by atoms with Crippen molar-refractivity contribution in [2.75, 3.05) is 0 Å². The maximum absolute atomic E-state index is 10.5. The van der Waals surface area contributed by atoms with E-state index < -0.39 is 22.4 Å². The number of aryl methyl sites for hydroxylation is 2. The minimum Gasteiger partial charge on any atom is -0.868 e. The summed E-state index contributed by atoms with van der Waals surface area (Å²) in [6.07, 6.45) is 1.83. The average molecular weight is 309 g/mol. The van der Waals surface area contributed by atoms with Crippen molar-refractivity contribution in [2.24, 2.45) is 0 Å². The molecule has 0 aliphatic carbocycles. The molecule has 1 radical (unpaired) electrons. The first-order chi connectivity index (χ1) is 8.40. The van der Waals surface area contributed by atoms with E-state index in [1.54, 1.807) is 13.8 Å². The van der Waals surface area contributed by atoms with Gasteiger partial charge in [0.05, 0.1) is 12.5 Å². The van der Waals surface area contributed by atoms with Crippen LogP contribution < -0.4 is 21.1 Å². The molecule has 0 spiro atoms. The van der Waals surface area contributed by atoms with Crippen LogP contribution in [0.15, 0.2) is 43.1 Å². The molecule has 0 N–H and O–H groups in total. The van der Waals surface area contributed by atoms with Gasteiger partial charge in [-0.1, -0.05) is 0 Å². The molecule has 0 fully saturated rings. The summed E-state index contributed by atoms with van der Waals surface area (Å²) < 4.78 is 9.25. The molecule has 19 heavy (non-hydrogen) atoms. The molecule has 0 atom stereocenters. The zero-order valence-electron chi connectivity index (χ0n) is 10.1. The smallest absolute Gasteiger partial charge is 0.868 e. The SMILES string of the molecule is Cc1cc(=O)c([O-])co1.Cc1cc(=O)c([O-])co1.[Co+2]. The maximum atomic E-state index is 10.5. The molecule has 0 bridgehead atoms. The summed E-state index contributed by atoms with van der Waals surface area (Å²) in [6.45, 7) is 3.22. The first-order valence-corrected chi connectivity index (χ1v) is 4.93. The van der Waals surface area contributed by atoms with E-state index in [0.29, 0.717) is 11.5 Å². The van der Waals surface area contributed by atoms with Crippen molar-refractivity contribution >= 4 is 0 Å². The van der Waals surface area contributed by atoms with Gasteiger partial charge in [0, 0.05) is 12.1 Å². The Morgan fingerprint density at radius 1 is 0.842 bits per heavy atom. The van der Waals surface area contributed by atoms with E-state index in [-0.39, 0.29) is 16.8 Å². The fourth-order valence-electron chi connectivity index (χ4n) is 0.989. The molecule has 0 amide bonds. The molecule has 2 heterocycles. The molecule has 0 aliphatic rings. The van der Waals surface area contributed by atoms with Crippen molar-refractivity contribution < 1.29 is 35.8 Å². The van der Waals surface area contributed by atoms with Crippen LogP contribution >= 0.6 is 0 Å². The van der Waals surface area contributed by atoms with Gasteiger partial charge in [0.2, 0.25) is 0 Å². The van der Waals surface area contributed by atoms with E-state index in [1.165, 1.54) is 12.1 Å². The number of hydrogen-bond donors (Lipinski definition) is 0. The molecule has 0 saturated carbocycles. The normalized spacial score (nSPS) is 8.95. The standard InChI is InChI=1S/2C6H6O3.Co/c2*1-4-2-5(7)6(8)3-9-4;/h2*2-3,8H,1H3;/q;;+2/p-2. The van der Waals surface area contributed by atoms with Crippen LogP contribution in [0.2, 0.25) is 0 Å². The van der Waals surface area contributed by atoms with Crippen LogP contribution in [-0.4, -0.2) is 0 Å². The van der Waals surface area contributed by atoms with Gasteiger partial charge in [0.1, 0.15) is 11.5 Å². The van der Waals surface area contributed by atoms with Crippen molar-refractivity contribution in [2.45, 2.75) is 13.8 Å². The van der Waals surface area contributed by atoms with Gasteiger partial charge in [-0.05, 0) is 25.3 Å².